The number of carboxylic acids is 1. The molecule has 2 aromatic rings. The maximum Gasteiger partial charge on any atom is 0.325 e. The topological polar surface area (TPSA) is 116 Å². The lowest BCUT2D eigenvalue weighted by atomic mass is 10.1. The Morgan fingerprint density at radius 1 is 1.30 bits per heavy atom. The average molecular weight is 318 g/mol. The minimum absolute atomic E-state index is 0.0170. The Hall–Kier alpha value is -3.10. The first-order chi connectivity index (χ1) is 11.1. The van der Waals surface area contributed by atoms with E-state index in [-0.39, 0.29) is 12.5 Å². The molecule has 0 radical (unpaired) electrons. The number of fused-ring (bicyclic) bond motifs is 1. The Balaban J connectivity index is 1.78. The highest BCUT2D eigenvalue weighted by atomic mass is 16.5. The molecular formula is C14H14N4O5. The number of ether oxygens (including phenoxy) is 2. The maximum atomic E-state index is 12.4. The number of rotatable bonds is 4. The summed E-state index contributed by atoms with van der Waals surface area (Å²) in [6.07, 6.45) is 1.96. The van der Waals surface area contributed by atoms with Crippen LogP contribution in [0.4, 0.5) is 5.95 Å². The molecule has 1 aromatic heterocycles. The van der Waals surface area contributed by atoms with Gasteiger partial charge in [0.1, 0.15) is 12.9 Å². The Morgan fingerprint density at radius 2 is 2.13 bits per heavy atom. The minimum atomic E-state index is -1.05. The lowest BCUT2D eigenvalue weighted by Crippen LogP contribution is -2.15. The molecule has 0 saturated heterocycles. The van der Waals surface area contributed by atoms with Gasteiger partial charge in [-0.2, -0.15) is 0 Å². The van der Waals surface area contributed by atoms with Gasteiger partial charge in [0.2, 0.25) is 5.95 Å². The maximum absolute atomic E-state index is 12.4. The van der Waals surface area contributed by atoms with Gasteiger partial charge in [0, 0.05) is 6.42 Å². The number of carbonyl (C=O) groups is 2. The number of anilines is 1. The fourth-order valence-electron chi connectivity index (χ4n) is 2.11. The molecule has 2 N–H and O–H groups in total. The number of carbonyl (C=O) groups excluding carboxylic acids is 1. The van der Waals surface area contributed by atoms with Gasteiger partial charge in [0.15, 0.2) is 11.5 Å². The third kappa shape index (κ3) is 3.39. The average Bonchev–Trinajstić information content (AvgIpc) is 2.80. The summed E-state index contributed by atoms with van der Waals surface area (Å²) in [5, 5.41) is 15.1. The highest BCUT2D eigenvalue weighted by molar-refractivity contribution is 6.05. The first kappa shape index (κ1) is 14.8. The number of hydrogen-bond donors (Lipinski definition) is 2. The summed E-state index contributed by atoms with van der Waals surface area (Å²) >= 11 is 0. The molecule has 1 aliphatic rings. The van der Waals surface area contributed by atoms with Gasteiger partial charge in [-0.25, -0.2) is 9.67 Å². The number of carboxylic acid groups (broad SMARTS) is 1. The molecule has 1 aliphatic heterocycles. The normalized spacial score (nSPS) is 13.2. The van der Waals surface area contributed by atoms with Crippen molar-refractivity contribution >= 4 is 17.8 Å². The summed E-state index contributed by atoms with van der Waals surface area (Å²) in [6.45, 7) is 0.655. The van der Waals surface area contributed by atoms with Gasteiger partial charge in [0.05, 0.1) is 18.8 Å². The van der Waals surface area contributed by atoms with E-state index in [1.165, 1.54) is 6.33 Å². The van der Waals surface area contributed by atoms with Crippen LogP contribution in [0.1, 0.15) is 16.8 Å². The van der Waals surface area contributed by atoms with Crippen LogP contribution in [0.3, 0.4) is 0 Å². The van der Waals surface area contributed by atoms with Crippen molar-refractivity contribution in [3.05, 3.63) is 30.1 Å². The molecule has 9 nitrogen and oxygen atoms in total. The summed E-state index contributed by atoms with van der Waals surface area (Å²) in [5.41, 5.74) is 0.305. The van der Waals surface area contributed by atoms with Crippen molar-refractivity contribution in [1.82, 2.24) is 14.8 Å². The molecule has 1 amide bonds. The van der Waals surface area contributed by atoms with Crippen LogP contribution in [-0.2, 0) is 11.3 Å². The molecule has 9 heteroatoms. The van der Waals surface area contributed by atoms with E-state index in [2.05, 4.69) is 15.4 Å². The molecule has 0 atom stereocenters. The Labute approximate surface area is 130 Å². The zero-order valence-electron chi connectivity index (χ0n) is 12.1. The van der Waals surface area contributed by atoms with Crippen LogP contribution in [-0.4, -0.2) is 45.0 Å². The van der Waals surface area contributed by atoms with E-state index < -0.39 is 11.9 Å². The molecular weight excluding hydrogens is 304 g/mol. The Bertz CT molecular complexity index is 743. The zero-order chi connectivity index (χ0) is 16.2. The zero-order valence-corrected chi connectivity index (χ0v) is 12.1. The molecule has 23 heavy (non-hydrogen) atoms. The van der Waals surface area contributed by atoms with Crippen LogP contribution in [0.15, 0.2) is 24.5 Å². The standard InChI is InChI=1S/C14H14N4O5/c19-11(20)7-18-8-15-14(17-18)16-13(21)9-3-1-4-10-12(9)23-6-2-5-22-10/h1,3-4,8H,2,5-7H2,(H,19,20)(H,16,17,21). The quantitative estimate of drug-likeness (QED) is 0.855. The molecule has 0 unspecified atom stereocenters. The predicted molar refractivity (Wildman–Crippen MR) is 77.7 cm³/mol. The lowest BCUT2D eigenvalue weighted by molar-refractivity contribution is -0.137. The number of nitrogens with zero attached hydrogens (tertiary/aromatic N) is 3. The second kappa shape index (κ2) is 6.34. The van der Waals surface area contributed by atoms with Crippen LogP contribution >= 0.6 is 0 Å². The van der Waals surface area contributed by atoms with Crippen molar-refractivity contribution in [2.45, 2.75) is 13.0 Å². The molecule has 120 valence electrons. The second-order valence-corrected chi connectivity index (χ2v) is 4.80. The molecule has 0 saturated carbocycles. The molecule has 0 aliphatic carbocycles. The smallest absolute Gasteiger partial charge is 0.325 e. The molecule has 2 heterocycles. The number of benzene rings is 1. The van der Waals surface area contributed by atoms with Crippen LogP contribution in [0.2, 0.25) is 0 Å². The number of hydrogen-bond acceptors (Lipinski definition) is 6. The van der Waals surface area contributed by atoms with Gasteiger partial charge in [-0.3, -0.25) is 14.9 Å². The Morgan fingerprint density at radius 3 is 2.96 bits per heavy atom. The van der Waals surface area contributed by atoms with Gasteiger partial charge in [-0.1, -0.05) is 6.07 Å². The number of para-hydroxylation sites is 1. The van der Waals surface area contributed by atoms with Crippen molar-refractivity contribution < 1.29 is 24.2 Å². The van der Waals surface area contributed by atoms with Crippen LogP contribution in [0.25, 0.3) is 0 Å². The third-order valence-electron chi connectivity index (χ3n) is 3.08. The van der Waals surface area contributed by atoms with Crippen LogP contribution in [0.5, 0.6) is 11.5 Å². The first-order valence-electron chi connectivity index (χ1n) is 6.94. The van der Waals surface area contributed by atoms with Crippen LogP contribution in [0, 0.1) is 0 Å². The second-order valence-electron chi connectivity index (χ2n) is 4.80. The summed E-state index contributed by atoms with van der Waals surface area (Å²) in [5.74, 6) is -0.595. The third-order valence-corrected chi connectivity index (χ3v) is 3.08. The fraction of sp³-hybridized carbons (Fsp3) is 0.286. The van der Waals surface area contributed by atoms with Gasteiger partial charge in [-0.15, -0.1) is 5.10 Å². The number of nitrogens with one attached hydrogen (secondary N) is 1. The molecule has 0 spiro atoms. The Kier molecular flexibility index (Phi) is 4.09. The lowest BCUT2D eigenvalue weighted by Gasteiger charge is -2.11. The largest absolute Gasteiger partial charge is 0.490 e. The molecule has 3 rings (SSSR count). The van der Waals surface area contributed by atoms with Gasteiger partial charge >= 0.3 is 5.97 Å². The number of aliphatic carboxylic acids is 1. The van der Waals surface area contributed by atoms with E-state index in [1.807, 2.05) is 0 Å². The number of amides is 1. The highest BCUT2D eigenvalue weighted by Crippen LogP contribution is 2.33. The monoisotopic (exact) mass is 318 g/mol. The summed E-state index contributed by atoms with van der Waals surface area (Å²) in [4.78, 5) is 26.8. The van der Waals surface area contributed by atoms with Crippen molar-refractivity contribution in [2.75, 3.05) is 18.5 Å². The SMILES string of the molecule is O=C(O)Cn1cnc(NC(=O)c2cccc3c2OCCCO3)n1. The van der Waals surface area contributed by atoms with Gasteiger partial charge in [0.25, 0.3) is 5.91 Å². The summed E-state index contributed by atoms with van der Waals surface area (Å²) in [7, 11) is 0. The van der Waals surface area contributed by atoms with Gasteiger partial charge in [-0.05, 0) is 12.1 Å². The van der Waals surface area contributed by atoms with Crippen molar-refractivity contribution in [3.63, 3.8) is 0 Å². The van der Waals surface area contributed by atoms with E-state index in [4.69, 9.17) is 14.6 Å². The van der Waals surface area contributed by atoms with Crippen LogP contribution < -0.4 is 14.8 Å². The predicted octanol–water partition coefficient (Wildman–Crippen LogP) is 0.776. The molecule has 1 aromatic carbocycles. The molecule has 0 fully saturated rings. The molecule has 0 bridgehead atoms. The summed E-state index contributed by atoms with van der Waals surface area (Å²) in [6, 6.07) is 5.03. The van der Waals surface area contributed by atoms with Gasteiger partial charge < -0.3 is 14.6 Å². The van der Waals surface area contributed by atoms with E-state index in [0.29, 0.717) is 30.3 Å². The van der Waals surface area contributed by atoms with E-state index in [9.17, 15) is 9.59 Å². The van der Waals surface area contributed by atoms with Crippen molar-refractivity contribution in [1.29, 1.82) is 0 Å². The van der Waals surface area contributed by atoms with E-state index in [1.54, 1.807) is 18.2 Å². The van der Waals surface area contributed by atoms with Crippen molar-refractivity contribution in [2.24, 2.45) is 0 Å². The van der Waals surface area contributed by atoms with Crippen molar-refractivity contribution in [3.8, 4) is 11.5 Å². The fourth-order valence-corrected chi connectivity index (χ4v) is 2.11. The first-order valence-corrected chi connectivity index (χ1v) is 6.94. The number of aromatic nitrogens is 3. The minimum Gasteiger partial charge on any atom is -0.490 e. The van der Waals surface area contributed by atoms with E-state index in [0.717, 1.165) is 11.1 Å². The summed E-state index contributed by atoms with van der Waals surface area (Å²) < 4.78 is 12.2. The highest BCUT2D eigenvalue weighted by Gasteiger charge is 2.20. The van der Waals surface area contributed by atoms with E-state index >= 15 is 0 Å².